The van der Waals surface area contributed by atoms with E-state index in [-0.39, 0.29) is 11.8 Å². The summed E-state index contributed by atoms with van der Waals surface area (Å²) in [5.41, 5.74) is 1.77. The van der Waals surface area contributed by atoms with E-state index in [1.165, 1.54) is 16.6 Å². The second-order valence-electron chi connectivity index (χ2n) is 8.06. The molecule has 5 rings (SSSR count). The molecule has 4 heterocycles. The van der Waals surface area contributed by atoms with Gasteiger partial charge < -0.3 is 14.4 Å². The van der Waals surface area contributed by atoms with Crippen molar-refractivity contribution in [1.82, 2.24) is 24.1 Å². The van der Waals surface area contributed by atoms with E-state index in [1.54, 1.807) is 28.0 Å². The van der Waals surface area contributed by atoms with Crippen molar-refractivity contribution in [1.29, 1.82) is 0 Å². The molecule has 0 spiro atoms. The molecular formula is C23H26ClN5O3S2. The largest absolute Gasteiger partial charge is 0.352 e. The Labute approximate surface area is 210 Å². The standard InChI is InChI=1S/C23H26ClN5O3S2/c1-4-31-18(32-5-2)13-33-23-26-25-22-28(15-8-6-14(24)7-9-15)20(30)19-16-10-11-27(3)12-17(16)34-21(19)29(22)23/h6-9,18H,4-5,10-13H2,1-3H3. The molecule has 0 amide bonds. The highest BCUT2D eigenvalue weighted by atomic mass is 35.5. The van der Waals surface area contributed by atoms with Crippen LogP contribution in [0.1, 0.15) is 24.3 Å². The van der Waals surface area contributed by atoms with Gasteiger partial charge in [0.2, 0.25) is 5.78 Å². The van der Waals surface area contributed by atoms with Gasteiger partial charge in [0.1, 0.15) is 4.83 Å². The van der Waals surface area contributed by atoms with Crippen LogP contribution in [0, 0.1) is 0 Å². The Morgan fingerprint density at radius 1 is 1.18 bits per heavy atom. The van der Waals surface area contributed by atoms with E-state index in [2.05, 4.69) is 22.1 Å². The van der Waals surface area contributed by atoms with Gasteiger partial charge in [0.05, 0.1) is 16.8 Å². The summed E-state index contributed by atoms with van der Waals surface area (Å²) < 4.78 is 15.1. The van der Waals surface area contributed by atoms with E-state index in [0.717, 1.165) is 35.3 Å². The van der Waals surface area contributed by atoms with Gasteiger partial charge in [-0.25, -0.2) is 8.97 Å². The fourth-order valence-electron chi connectivity index (χ4n) is 4.26. The van der Waals surface area contributed by atoms with Crippen molar-refractivity contribution in [3.8, 4) is 5.69 Å². The van der Waals surface area contributed by atoms with Crippen LogP contribution in [0.4, 0.5) is 0 Å². The van der Waals surface area contributed by atoms with Crippen LogP contribution in [0.2, 0.25) is 5.02 Å². The molecule has 0 saturated heterocycles. The van der Waals surface area contributed by atoms with Crippen LogP contribution in [0.3, 0.4) is 0 Å². The van der Waals surface area contributed by atoms with Crippen molar-refractivity contribution in [3.05, 3.63) is 50.1 Å². The smallest absolute Gasteiger partial charge is 0.268 e. The summed E-state index contributed by atoms with van der Waals surface area (Å²) in [5.74, 6) is 1.05. The van der Waals surface area contributed by atoms with Crippen molar-refractivity contribution in [2.45, 2.75) is 38.3 Å². The van der Waals surface area contributed by atoms with Crippen LogP contribution in [-0.2, 0) is 22.4 Å². The number of rotatable bonds is 8. The molecule has 0 bridgehead atoms. The lowest BCUT2D eigenvalue weighted by Gasteiger charge is -2.21. The van der Waals surface area contributed by atoms with Gasteiger partial charge in [-0.05, 0) is 57.1 Å². The van der Waals surface area contributed by atoms with Gasteiger partial charge in [0.15, 0.2) is 11.4 Å². The molecule has 11 heteroatoms. The molecule has 0 N–H and O–H groups in total. The molecule has 180 valence electrons. The van der Waals surface area contributed by atoms with Crippen LogP contribution >= 0.6 is 34.7 Å². The molecule has 34 heavy (non-hydrogen) atoms. The maximum Gasteiger partial charge on any atom is 0.268 e. The first-order chi connectivity index (χ1) is 16.5. The SMILES string of the molecule is CCOC(CSc1nnc2n(-c3ccc(Cl)cc3)c(=O)c3c4c(sc3n12)CN(C)CC4)OCC. The lowest BCUT2D eigenvalue weighted by atomic mass is 10.1. The monoisotopic (exact) mass is 519 g/mol. The lowest BCUT2D eigenvalue weighted by molar-refractivity contribution is -0.120. The first-order valence-corrected chi connectivity index (χ1v) is 13.4. The van der Waals surface area contributed by atoms with E-state index in [9.17, 15) is 4.79 Å². The number of nitrogens with zero attached hydrogens (tertiary/aromatic N) is 5. The third-order valence-corrected chi connectivity index (χ3v) is 8.22. The number of halogens is 1. The summed E-state index contributed by atoms with van der Waals surface area (Å²) in [7, 11) is 2.11. The van der Waals surface area contributed by atoms with Crippen molar-refractivity contribution >= 4 is 50.7 Å². The van der Waals surface area contributed by atoms with E-state index in [1.807, 2.05) is 30.4 Å². The van der Waals surface area contributed by atoms with Gasteiger partial charge in [0.25, 0.3) is 5.56 Å². The van der Waals surface area contributed by atoms with Crippen molar-refractivity contribution in [2.75, 3.05) is 32.6 Å². The average Bonchev–Trinajstić information content (AvgIpc) is 3.40. The molecule has 0 fully saturated rings. The molecule has 0 aliphatic carbocycles. The Hall–Kier alpha value is -1.95. The number of likely N-dealkylation sites (N-methyl/N-ethyl adjacent to an activating group) is 1. The van der Waals surface area contributed by atoms with Crippen molar-refractivity contribution in [2.24, 2.45) is 0 Å². The summed E-state index contributed by atoms with van der Waals surface area (Å²) in [6.45, 7) is 6.79. The molecule has 0 radical (unpaired) electrons. The minimum Gasteiger partial charge on any atom is -0.352 e. The van der Waals surface area contributed by atoms with Gasteiger partial charge >= 0.3 is 0 Å². The molecule has 0 atom stereocenters. The number of hydrogen-bond donors (Lipinski definition) is 0. The molecule has 4 aromatic rings. The first-order valence-electron chi connectivity index (χ1n) is 11.3. The summed E-state index contributed by atoms with van der Waals surface area (Å²) >= 11 is 9.29. The van der Waals surface area contributed by atoms with Gasteiger partial charge in [0, 0.05) is 36.2 Å². The van der Waals surface area contributed by atoms with Gasteiger partial charge in [-0.2, -0.15) is 0 Å². The summed E-state index contributed by atoms with van der Waals surface area (Å²) in [6.07, 6.45) is 0.504. The molecule has 3 aromatic heterocycles. The molecule has 1 aliphatic rings. The quantitative estimate of drug-likeness (QED) is 0.255. The Balaban J connectivity index is 1.71. The fourth-order valence-corrected chi connectivity index (χ4v) is 6.74. The van der Waals surface area contributed by atoms with Crippen LogP contribution in [0.25, 0.3) is 21.7 Å². The van der Waals surface area contributed by atoms with Gasteiger partial charge in [-0.15, -0.1) is 21.5 Å². The number of benzene rings is 1. The second kappa shape index (κ2) is 9.96. The Morgan fingerprint density at radius 3 is 2.62 bits per heavy atom. The minimum atomic E-state index is -0.338. The van der Waals surface area contributed by atoms with Crippen LogP contribution < -0.4 is 5.56 Å². The van der Waals surface area contributed by atoms with E-state index < -0.39 is 0 Å². The number of ether oxygens (including phenoxy) is 2. The fraction of sp³-hybridized carbons (Fsp3) is 0.435. The van der Waals surface area contributed by atoms with Gasteiger partial charge in [-0.1, -0.05) is 23.4 Å². The predicted molar refractivity (Wildman–Crippen MR) is 137 cm³/mol. The third kappa shape index (κ3) is 4.27. The summed E-state index contributed by atoms with van der Waals surface area (Å²) in [4.78, 5) is 18.3. The normalized spacial score (nSPS) is 14.5. The third-order valence-electron chi connectivity index (χ3n) is 5.80. The zero-order valence-electron chi connectivity index (χ0n) is 19.3. The molecule has 1 aromatic carbocycles. The Bertz CT molecular complexity index is 1380. The van der Waals surface area contributed by atoms with Crippen LogP contribution in [0.5, 0.6) is 0 Å². The highest BCUT2D eigenvalue weighted by Crippen LogP contribution is 2.35. The Morgan fingerprint density at radius 2 is 1.91 bits per heavy atom. The molecule has 0 unspecified atom stereocenters. The number of aromatic nitrogens is 4. The molecule has 0 saturated carbocycles. The van der Waals surface area contributed by atoms with E-state index in [0.29, 0.717) is 40.6 Å². The van der Waals surface area contributed by atoms with E-state index in [4.69, 9.17) is 21.1 Å². The van der Waals surface area contributed by atoms with E-state index >= 15 is 0 Å². The van der Waals surface area contributed by atoms with Crippen molar-refractivity contribution in [3.63, 3.8) is 0 Å². The summed E-state index contributed by atoms with van der Waals surface area (Å²) in [6, 6.07) is 7.24. The molecule has 8 nitrogen and oxygen atoms in total. The molecular weight excluding hydrogens is 494 g/mol. The van der Waals surface area contributed by atoms with Crippen LogP contribution in [0.15, 0.2) is 34.2 Å². The van der Waals surface area contributed by atoms with Gasteiger partial charge in [-0.3, -0.25) is 4.79 Å². The zero-order valence-corrected chi connectivity index (χ0v) is 21.7. The minimum absolute atomic E-state index is 0.0719. The van der Waals surface area contributed by atoms with Crippen LogP contribution in [-0.4, -0.2) is 62.9 Å². The highest BCUT2D eigenvalue weighted by Gasteiger charge is 2.27. The Kier molecular flexibility index (Phi) is 6.97. The number of thioether (sulfide) groups is 1. The maximum absolute atomic E-state index is 13.9. The topological polar surface area (TPSA) is 73.9 Å². The second-order valence-corrected chi connectivity index (χ2v) is 10.6. The summed E-state index contributed by atoms with van der Waals surface area (Å²) in [5, 5.41) is 11.0. The maximum atomic E-state index is 13.9. The molecule has 1 aliphatic heterocycles. The zero-order chi connectivity index (χ0) is 23.8. The number of fused-ring (bicyclic) bond motifs is 5. The number of thiophene rings is 1. The average molecular weight is 520 g/mol. The number of hydrogen-bond acceptors (Lipinski definition) is 8. The first kappa shape index (κ1) is 23.8. The highest BCUT2D eigenvalue weighted by molar-refractivity contribution is 7.99. The van der Waals surface area contributed by atoms with Crippen molar-refractivity contribution < 1.29 is 9.47 Å². The lowest BCUT2D eigenvalue weighted by Crippen LogP contribution is -2.27. The predicted octanol–water partition coefficient (Wildman–Crippen LogP) is 4.23.